The summed E-state index contributed by atoms with van der Waals surface area (Å²) in [6.45, 7) is 2.31. The molecule has 8 heteroatoms. The van der Waals surface area contributed by atoms with Gasteiger partial charge in [0.2, 0.25) is 15.9 Å². The fraction of sp³-hybridized carbons (Fsp3) is 0.417. The largest absolute Gasteiger partial charge is 0.356 e. The molecule has 2 aromatic carbocycles. The predicted molar refractivity (Wildman–Crippen MR) is 125 cm³/mol. The van der Waals surface area contributed by atoms with Crippen molar-refractivity contribution in [3.05, 3.63) is 60.4 Å². The van der Waals surface area contributed by atoms with Crippen LogP contribution in [0.15, 0.2) is 59.8 Å². The number of benzene rings is 2. The van der Waals surface area contributed by atoms with Gasteiger partial charge in [-0.2, -0.15) is 4.31 Å². The lowest BCUT2D eigenvalue weighted by Crippen LogP contribution is -2.35. The minimum atomic E-state index is -3.48. The van der Waals surface area contributed by atoms with Crippen LogP contribution in [0.5, 0.6) is 0 Å². The number of sulfonamides is 1. The third-order valence-electron chi connectivity index (χ3n) is 5.93. The van der Waals surface area contributed by atoms with Crippen LogP contribution >= 0.6 is 0 Å². The molecule has 1 N–H and O–H groups in total. The summed E-state index contributed by atoms with van der Waals surface area (Å²) < 4.78 is 29.3. The molecule has 0 radical (unpaired) electrons. The third kappa shape index (κ3) is 5.37. The van der Waals surface area contributed by atoms with Crippen LogP contribution < -0.4 is 5.32 Å². The first-order valence-electron chi connectivity index (χ1n) is 11.3. The van der Waals surface area contributed by atoms with E-state index >= 15 is 0 Å². The Morgan fingerprint density at radius 3 is 2.59 bits per heavy atom. The van der Waals surface area contributed by atoms with Gasteiger partial charge in [-0.05, 0) is 49.4 Å². The summed E-state index contributed by atoms with van der Waals surface area (Å²) >= 11 is 0. The number of piperidine rings is 1. The van der Waals surface area contributed by atoms with Crippen LogP contribution in [0.3, 0.4) is 0 Å². The van der Waals surface area contributed by atoms with Crippen LogP contribution in [-0.4, -0.2) is 47.8 Å². The third-order valence-corrected chi connectivity index (χ3v) is 7.83. The van der Waals surface area contributed by atoms with E-state index in [0.29, 0.717) is 38.1 Å². The molecule has 0 unspecified atom stereocenters. The summed E-state index contributed by atoms with van der Waals surface area (Å²) in [5.41, 5.74) is 2.74. The molecule has 0 atom stereocenters. The monoisotopic (exact) mass is 454 g/mol. The van der Waals surface area contributed by atoms with Gasteiger partial charge < -0.3 is 9.88 Å². The fourth-order valence-electron chi connectivity index (χ4n) is 4.11. The molecule has 0 saturated carbocycles. The predicted octanol–water partition coefficient (Wildman–Crippen LogP) is 3.35. The number of hydrogen-bond donors (Lipinski definition) is 1. The van der Waals surface area contributed by atoms with Gasteiger partial charge in [0.05, 0.1) is 22.3 Å². The molecular formula is C24H30N4O3S. The molecule has 1 aliphatic heterocycles. The van der Waals surface area contributed by atoms with E-state index in [1.165, 1.54) is 5.56 Å². The molecule has 1 amide bonds. The average Bonchev–Trinajstić information content (AvgIpc) is 3.24. The molecule has 1 saturated heterocycles. The number of amides is 1. The zero-order valence-corrected chi connectivity index (χ0v) is 19.1. The molecule has 7 nitrogen and oxygen atoms in total. The average molecular weight is 455 g/mol. The molecule has 0 bridgehead atoms. The molecule has 2 heterocycles. The lowest BCUT2D eigenvalue weighted by atomic mass is 10.1. The second-order valence-electron chi connectivity index (χ2n) is 8.24. The number of carbonyl (C=O) groups excluding carboxylic acids is 1. The second kappa shape index (κ2) is 10.3. The number of carbonyl (C=O) groups is 1. The van der Waals surface area contributed by atoms with E-state index in [1.807, 2.05) is 22.8 Å². The Hall–Kier alpha value is -2.71. The number of fused-ring (bicyclic) bond motifs is 1. The summed E-state index contributed by atoms with van der Waals surface area (Å²) in [6, 6.07) is 15.3. The first-order chi connectivity index (χ1) is 15.5. The second-order valence-corrected chi connectivity index (χ2v) is 10.2. The number of rotatable bonds is 9. The standard InChI is InChI=1S/C24H30N4O3S/c29-24(25-14-7-10-20-8-3-1-4-9-20)13-17-27-19-26-22-18-21(11-12-23(22)27)32(30,31)28-15-5-2-6-16-28/h1,3-4,8-9,11-12,18-19H,2,5-7,10,13-17H2,(H,25,29). The Kier molecular flexibility index (Phi) is 7.22. The summed E-state index contributed by atoms with van der Waals surface area (Å²) in [5, 5.41) is 2.97. The topological polar surface area (TPSA) is 84.3 Å². The maximum atomic E-state index is 12.9. The summed E-state index contributed by atoms with van der Waals surface area (Å²) in [4.78, 5) is 16.9. The minimum absolute atomic E-state index is 0.00390. The number of aryl methyl sites for hydroxylation is 2. The van der Waals surface area contributed by atoms with E-state index in [2.05, 4.69) is 22.4 Å². The van der Waals surface area contributed by atoms with Gasteiger partial charge in [-0.25, -0.2) is 13.4 Å². The van der Waals surface area contributed by atoms with E-state index in [0.717, 1.165) is 37.6 Å². The Morgan fingerprint density at radius 1 is 1.03 bits per heavy atom. The van der Waals surface area contributed by atoms with Crippen LogP contribution in [0.4, 0.5) is 0 Å². The SMILES string of the molecule is O=C(CCn1cnc2cc(S(=O)(=O)N3CCCCC3)ccc21)NCCCc1ccccc1. The maximum absolute atomic E-state index is 12.9. The van der Waals surface area contributed by atoms with Gasteiger partial charge in [0.1, 0.15) is 0 Å². The highest BCUT2D eigenvalue weighted by molar-refractivity contribution is 7.89. The Bertz CT molecular complexity index is 1150. The number of nitrogens with one attached hydrogen (secondary N) is 1. The molecular weight excluding hydrogens is 424 g/mol. The molecule has 1 fully saturated rings. The van der Waals surface area contributed by atoms with E-state index in [9.17, 15) is 13.2 Å². The van der Waals surface area contributed by atoms with Crippen molar-refractivity contribution in [2.75, 3.05) is 19.6 Å². The van der Waals surface area contributed by atoms with Crippen LogP contribution in [0.2, 0.25) is 0 Å². The van der Waals surface area contributed by atoms with E-state index in [4.69, 9.17) is 0 Å². The number of aromatic nitrogens is 2. The van der Waals surface area contributed by atoms with E-state index in [-0.39, 0.29) is 10.8 Å². The first-order valence-corrected chi connectivity index (χ1v) is 12.7. The highest BCUT2D eigenvalue weighted by Crippen LogP contribution is 2.24. The van der Waals surface area contributed by atoms with Crippen molar-refractivity contribution in [2.24, 2.45) is 0 Å². The lowest BCUT2D eigenvalue weighted by molar-refractivity contribution is -0.121. The molecule has 3 aromatic rings. The zero-order chi connectivity index (χ0) is 22.4. The maximum Gasteiger partial charge on any atom is 0.243 e. The number of imidazole rings is 1. The van der Waals surface area contributed by atoms with Gasteiger partial charge in [0.15, 0.2) is 0 Å². The van der Waals surface area contributed by atoms with Gasteiger partial charge >= 0.3 is 0 Å². The van der Waals surface area contributed by atoms with Gasteiger partial charge in [-0.1, -0.05) is 36.8 Å². The van der Waals surface area contributed by atoms with Crippen molar-refractivity contribution in [3.8, 4) is 0 Å². The van der Waals surface area contributed by atoms with E-state index < -0.39 is 10.0 Å². The van der Waals surface area contributed by atoms with Gasteiger partial charge in [0.25, 0.3) is 0 Å². The molecule has 1 aliphatic rings. The molecule has 170 valence electrons. The molecule has 0 aliphatic carbocycles. The van der Waals surface area contributed by atoms with Gasteiger partial charge in [-0.15, -0.1) is 0 Å². The van der Waals surface area contributed by atoms with Crippen molar-refractivity contribution >= 4 is 27.0 Å². The van der Waals surface area contributed by atoms with Crippen LogP contribution in [-0.2, 0) is 27.8 Å². The van der Waals surface area contributed by atoms with Gasteiger partial charge in [0, 0.05) is 32.6 Å². The highest BCUT2D eigenvalue weighted by Gasteiger charge is 2.26. The van der Waals surface area contributed by atoms with Crippen LogP contribution in [0.25, 0.3) is 11.0 Å². The summed E-state index contributed by atoms with van der Waals surface area (Å²) in [7, 11) is -3.48. The van der Waals surface area contributed by atoms with Crippen molar-refractivity contribution < 1.29 is 13.2 Å². The van der Waals surface area contributed by atoms with Crippen molar-refractivity contribution in [1.82, 2.24) is 19.2 Å². The Balaban J connectivity index is 1.30. The van der Waals surface area contributed by atoms with Crippen LogP contribution in [0.1, 0.15) is 37.7 Å². The summed E-state index contributed by atoms with van der Waals surface area (Å²) in [6.07, 6.45) is 6.76. The van der Waals surface area contributed by atoms with Gasteiger partial charge in [-0.3, -0.25) is 4.79 Å². The molecule has 1 aromatic heterocycles. The molecule has 4 rings (SSSR count). The summed E-state index contributed by atoms with van der Waals surface area (Å²) in [5.74, 6) is 0.00390. The van der Waals surface area contributed by atoms with Crippen molar-refractivity contribution in [2.45, 2.75) is 50.0 Å². The molecule has 32 heavy (non-hydrogen) atoms. The Morgan fingerprint density at radius 2 is 1.81 bits per heavy atom. The normalized spacial score (nSPS) is 15.1. The fourth-order valence-corrected chi connectivity index (χ4v) is 5.65. The zero-order valence-electron chi connectivity index (χ0n) is 18.2. The van der Waals surface area contributed by atoms with Crippen molar-refractivity contribution in [1.29, 1.82) is 0 Å². The quantitative estimate of drug-likeness (QED) is 0.503. The molecule has 0 spiro atoms. The number of nitrogens with zero attached hydrogens (tertiary/aromatic N) is 3. The highest BCUT2D eigenvalue weighted by atomic mass is 32.2. The minimum Gasteiger partial charge on any atom is -0.356 e. The first kappa shape index (κ1) is 22.5. The van der Waals surface area contributed by atoms with Crippen LogP contribution in [0, 0.1) is 0 Å². The number of hydrogen-bond acceptors (Lipinski definition) is 4. The lowest BCUT2D eigenvalue weighted by Gasteiger charge is -2.25. The smallest absolute Gasteiger partial charge is 0.243 e. The van der Waals surface area contributed by atoms with E-state index in [1.54, 1.807) is 28.8 Å². The Labute approximate surface area is 189 Å². The van der Waals surface area contributed by atoms with Crippen molar-refractivity contribution in [3.63, 3.8) is 0 Å².